The van der Waals surface area contributed by atoms with Crippen molar-refractivity contribution in [2.75, 3.05) is 63.0 Å². The molecule has 0 amide bonds. The molecule has 12 heteroatoms. The van der Waals surface area contributed by atoms with Crippen LogP contribution >= 0.6 is 20.0 Å². The van der Waals surface area contributed by atoms with Gasteiger partial charge in [-0.3, -0.25) is 5.10 Å². The Kier molecular flexibility index (Phi) is 7.50. The molecule has 1 aliphatic rings. The summed E-state index contributed by atoms with van der Waals surface area (Å²) in [4.78, 5) is 13.6. The van der Waals surface area contributed by atoms with E-state index in [4.69, 9.17) is 20.6 Å². The Morgan fingerprint density at radius 2 is 1.81 bits per heavy atom. The molecule has 0 bridgehead atoms. The molecule has 3 N–H and O–H groups in total. The minimum atomic E-state index is -1.23. The Bertz CT molecular complexity index is 1340. The van der Waals surface area contributed by atoms with Crippen LogP contribution in [-0.4, -0.2) is 72.5 Å². The van der Waals surface area contributed by atoms with Gasteiger partial charge in [0.05, 0.1) is 22.7 Å². The fourth-order valence-electron chi connectivity index (χ4n) is 4.12. The number of halogens is 1. The lowest BCUT2D eigenvalue weighted by atomic mass is 10.2. The number of rotatable bonds is 8. The SMILES string of the molecule is COP(OC)c1ccccc1Nc1nc(Nc2ccc3c(N4CCN(C)CC4)n[nH]c3c2)ncc1Cl. The Balaban J connectivity index is 1.35. The summed E-state index contributed by atoms with van der Waals surface area (Å²) in [5.74, 6) is 1.88. The quantitative estimate of drug-likeness (QED) is 0.287. The molecule has 4 aromatic rings. The molecular formula is C24H28ClN8O2P. The molecule has 2 aromatic carbocycles. The molecule has 0 spiro atoms. The lowest BCUT2D eigenvalue weighted by Crippen LogP contribution is -2.44. The Morgan fingerprint density at radius 1 is 1.03 bits per heavy atom. The molecule has 0 radical (unpaired) electrons. The minimum Gasteiger partial charge on any atom is -0.352 e. The molecular weight excluding hydrogens is 499 g/mol. The number of benzene rings is 2. The maximum atomic E-state index is 6.42. The highest BCUT2D eigenvalue weighted by Gasteiger charge is 2.19. The fourth-order valence-corrected chi connectivity index (χ4v) is 5.34. The van der Waals surface area contributed by atoms with Crippen molar-refractivity contribution in [2.24, 2.45) is 0 Å². The highest BCUT2D eigenvalue weighted by molar-refractivity contribution is 7.56. The average molecular weight is 527 g/mol. The van der Waals surface area contributed by atoms with Crippen molar-refractivity contribution >= 4 is 65.1 Å². The zero-order valence-corrected chi connectivity index (χ0v) is 22.0. The zero-order chi connectivity index (χ0) is 25.1. The summed E-state index contributed by atoms with van der Waals surface area (Å²) in [6, 6.07) is 13.8. The highest BCUT2D eigenvalue weighted by Crippen LogP contribution is 2.38. The minimum absolute atomic E-state index is 0.398. The molecule has 5 rings (SSSR count). The van der Waals surface area contributed by atoms with Crippen LogP contribution in [0.2, 0.25) is 5.02 Å². The van der Waals surface area contributed by atoms with Crippen LogP contribution in [0.3, 0.4) is 0 Å². The van der Waals surface area contributed by atoms with Gasteiger partial charge < -0.3 is 29.5 Å². The summed E-state index contributed by atoms with van der Waals surface area (Å²) < 4.78 is 11.0. The molecule has 0 saturated carbocycles. The normalized spacial score (nSPS) is 14.5. The molecule has 1 fully saturated rings. The van der Waals surface area contributed by atoms with Crippen LogP contribution in [0.5, 0.6) is 0 Å². The third-order valence-corrected chi connectivity index (χ3v) is 7.75. The van der Waals surface area contributed by atoms with Gasteiger partial charge in [0, 0.05) is 51.5 Å². The summed E-state index contributed by atoms with van der Waals surface area (Å²) >= 11 is 6.42. The number of H-pyrrole nitrogens is 1. The number of piperazine rings is 1. The van der Waals surface area contributed by atoms with Gasteiger partial charge in [0.25, 0.3) is 0 Å². The Morgan fingerprint density at radius 3 is 2.58 bits per heavy atom. The number of fused-ring (bicyclic) bond motifs is 1. The number of aromatic amines is 1. The Labute approximate surface area is 215 Å². The molecule has 10 nitrogen and oxygen atoms in total. The van der Waals surface area contributed by atoms with Gasteiger partial charge in [-0.15, -0.1) is 0 Å². The monoisotopic (exact) mass is 526 g/mol. The average Bonchev–Trinajstić information content (AvgIpc) is 3.31. The standard InChI is InChI=1S/C24H28ClN8O2P/c1-32-10-12-33(13-11-32)23-17-9-8-16(14-20(17)30-31-23)27-24-26-15-18(25)22(29-24)28-19-6-4-5-7-21(19)36(34-2)35-3/h4-9,14-15H,10-13H2,1-3H3,(H,30,31)(H2,26,27,28,29). The molecule has 36 heavy (non-hydrogen) atoms. The predicted octanol–water partition coefficient (Wildman–Crippen LogP) is 4.48. The molecule has 3 heterocycles. The van der Waals surface area contributed by atoms with Gasteiger partial charge in [-0.25, -0.2) is 4.98 Å². The maximum absolute atomic E-state index is 6.42. The van der Waals surface area contributed by atoms with E-state index in [0.29, 0.717) is 16.8 Å². The second-order valence-corrected chi connectivity index (χ2v) is 10.5. The first-order valence-corrected chi connectivity index (χ1v) is 13.1. The van der Waals surface area contributed by atoms with Crippen LogP contribution in [0.1, 0.15) is 0 Å². The van der Waals surface area contributed by atoms with E-state index in [1.165, 1.54) is 0 Å². The van der Waals surface area contributed by atoms with E-state index in [9.17, 15) is 0 Å². The summed E-state index contributed by atoms with van der Waals surface area (Å²) in [5.41, 5.74) is 2.59. The van der Waals surface area contributed by atoms with Crippen molar-refractivity contribution < 1.29 is 9.05 Å². The van der Waals surface area contributed by atoms with Gasteiger partial charge in [0.15, 0.2) is 11.6 Å². The number of para-hydroxylation sites is 1. The summed E-state index contributed by atoms with van der Waals surface area (Å²) in [5, 5.41) is 16.7. The molecule has 0 unspecified atom stereocenters. The first-order chi connectivity index (χ1) is 17.6. The van der Waals surface area contributed by atoms with Crippen LogP contribution < -0.4 is 20.8 Å². The van der Waals surface area contributed by atoms with Crippen LogP contribution in [0.15, 0.2) is 48.7 Å². The summed E-state index contributed by atoms with van der Waals surface area (Å²) in [6.45, 7) is 3.98. The van der Waals surface area contributed by atoms with Crippen LogP contribution in [-0.2, 0) is 9.05 Å². The number of anilines is 5. The number of nitrogens with one attached hydrogen (secondary N) is 3. The van der Waals surface area contributed by atoms with Crippen molar-refractivity contribution in [3.8, 4) is 0 Å². The van der Waals surface area contributed by atoms with E-state index in [2.05, 4.69) is 53.7 Å². The maximum Gasteiger partial charge on any atom is 0.229 e. The van der Waals surface area contributed by atoms with Crippen LogP contribution in [0.25, 0.3) is 10.9 Å². The van der Waals surface area contributed by atoms with E-state index < -0.39 is 8.38 Å². The topological polar surface area (TPSA) is 103 Å². The first kappa shape index (κ1) is 24.7. The second kappa shape index (κ2) is 10.9. The summed E-state index contributed by atoms with van der Waals surface area (Å²) in [7, 11) is 4.16. The van der Waals surface area contributed by atoms with Gasteiger partial charge in [0.1, 0.15) is 5.02 Å². The zero-order valence-electron chi connectivity index (χ0n) is 20.3. The van der Waals surface area contributed by atoms with E-state index in [1.807, 2.05) is 36.4 Å². The van der Waals surface area contributed by atoms with Gasteiger partial charge in [-0.1, -0.05) is 23.7 Å². The second-order valence-electron chi connectivity index (χ2n) is 8.38. The van der Waals surface area contributed by atoms with Crippen molar-refractivity contribution in [1.82, 2.24) is 25.1 Å². The van der Waals surface area contributed by atoms with E-state index in [0.717, 1.165) is 59.6 Å². The first-order valence-electron chi connectivity index (χ1n) is 11.5. The number of hydrogen-bond acceptors (Lipinski definition) is 9. The molecule has 0 atom stereocenters. The van der Waals surface area contributed by atoms with Crippen LogP contribution in [0.4, 0.5) is 29.0 Å². The molecule has 1 aliphatic heterocycles. The lowest BCUT2D eigenvalue weighted by molar-refractivity contribution is 0.312. The van der Waals surface area contributed by atoms with Crippen molar-refractivity contribution in [3.05, 3.63) is 53.7 Å². The largest absolute Gasteiger partial charge is 0.352 e. The number of aromatic nitrogens is 4. The summed E-state index contributed by atoms with van der Waals surface area (Å²) in [6.07, 6.45) is 1.57. The van der Waals surface area contributed by atoms with E-state index in [1.54, 1.807) is 20.4 Å². The third kappa shape index (κ3) is 5.23. The smallest absolute Gasteiger partial charge is 0.229 e. The van der Waals surface area contributed by atoms with E-state index in [-0.39, 0.29) is 0 Å². The third-order valence-electron chi connectivity index (χ3n) is 6.03. The van der Waals surface area contributed by atoms with Gasteiger partial charge in [0.2, 0.25) is 14.3 Å². The molecule has 188 valence electrons. The molecule has 1 saturated heterocycles. The lowest BCUT2D eigenvalue weighted by Gasteiger charge is -2.32. The fraction of sp³-hybridized carbons (Fsp3) is 0.292. The van der Waals surface area contributed by atoms with Gasteiger partial charge in [-0.05, 0) is 37.4 Å². The number of hydrogen-bond donors (Lipinski definition) is 3. The highest BCUT2D eigenvalue weighted by atomic mass is 35.5. The van der Waals surface area contributed by atoms with Gasteiger partial charge in [-0.2, -0.15) is 10.1 Å². The van der Waals surface area contributed by atoms with E-state index >= 15 is 0 Å². The van der Waals surface area contributed by atoms with Crippen molar-refractivity contribution in [1.29, 1.82) is 0 Å². The van der Waals surface area contributed by atoms with Crippen molar-refractivity contribution in [3.63, 3.8) is 0 Å². The molecule has 2 aromatic heterocycles. The predicted molar refractivity (Wildman–Crippen MR) is 146 cm³/mol. The van der Waals surface area contributed by atoms with Crippen molar-refractivity contribution in [2.45, 2.75) is 0 Å². The van der Waals surface area contributed by atoms with Gasteiger partial charge >= 0.3 is 0 Å². The number of likely N-dealkylation sites (N-methyl/N-ethyl adjacent to an activating group) is 1. The molecule has 0 aliphatic carbocycles. The Hall–Kier alpha value is -3.01. The number of nitrogens with zero attached hydrogens (tertiary/aromatic N) is 5. The van der Waals surface area contributed by atoms with Crippen LogP contribution in [0, 0.1) is 0 Å².